The van der Waals surface area contributed by atoms with Gasteiger partial charge >= 0.3 is 0 Å². The van der Waals surface area contributed by atoms with Crippen molar-refractivity contribution in [2.45, 2.75) is 6.54 Å². The molecule has 0 saturated heterocycles. The fourth-order valence-corrected chi connectivity index (χ4v) is 2.01. The summed E-state index contributed by atoms with van der Waals surface area (Å²) in [4.78, 5) is 0. The van der Waals surface area contributed by atoms with E-state index in [4.69, 9.17) is 21.1 Å². The van der Waals surface area contributed by atoms with Crippen LogP contribution in [0.4, 0.5) is 10.1 Å². The first-order valence-electron chi connectivity index (χ1n) is 6.04. The highest BCUT2D eigenvalue weighted by Crippen LogP contribution is 2.29. The molecule has 2 aromatic rings. The molecule has 0 aliphatic rings. The van der Waals surface area contributed by atoms with E-state index in [1.165, 1.54) is 6.07 Å². The summed E-state index contributed by atoms with van der Waals surface area (Å²) in [6.45, 7) is 0.315. The van der Waals surface area contributed by atoms with E-state index in [2.05, 4.69) is 5.32 Å². The smallest absolute Gasteiger partial charge is 0.146 e. The number of hydrogen-bond donors (Lipinski definition) is 1. The number of benzene rings is 2. The topological polar surface area (TPSA) is 30.5 Å². The van der Waals surface area contributed by atoms with Crippen LogP contribution in [0.25, 0.3) is 0 Å². The van der Waals surface area contributed by atoms with E-state index in [9.17, 15) is 4.39 Å². The minimum atomic E-state index is -0.408. The van der Waals surface area contributed by atoms with E-state index in [1.807, 2.05) is 6.07 Å². The molecule has 0 aromatic heterocycles. The third kappa shape index (κ3) is 3.14. The molecule has 0 spiro atoms. The Bertz CT molecular complexity index is 604. The molecule has 0 saturated carbocycles. The molecule has 0 fully saturated rings. The van der Waals surface area contributed by atoms with Gasteiger partial charge in [0.05, 0.1) is 24.9 Å². The Morgan fingerprint density at radius 2 is 1.95 bits per heavy atom. The summed E-state index contributed by atoms with van der Waals surface area (Å²) in [6, 6.07) is 10.3. The minimum Gasteiger partial charge on any atom is -0.497 e. The average molecular weight is 296 g/mol. The number of ether oxygens (including phenoxy) is 2. The van der Waals surface area contributed by atoms with E-state index in [-0.39, 0.29) is 5.02 Å². The zero-order chi connectivity index (χ0) is 14.5. The van der Waals surface area contributed by atoms with Crippen LogP contribution in [-0.2, 0) is 6.54 Å². The average Bonchev–Trinajstić information content (AvgIpc) is 2.48. The van der Waals surface area contributed by atoms with Crippen LogP contribution in [0.5, 0.6) is 11.5 Å². The standard InChI is InChI=1S/C15H15ClFNO2/c1-19-11-6-7-13(14(8-11)20-2)18-9-10-4-3-5-12(16)15(10)17/h3-8,18H,9H2,1-2H3. The lowest BCUT2D eigenvalue weighted by atomic mass is 10.2. The lowest BCUT2D eigenvalue weighted by Gasteiger charge is -2.13. The normalized spacial score (nSPS) is 10.2. The fraction of sp³-hybridized carbons (Fsp3) is 0.200. The third-order valence-corrected chi connectivity index (χ3v) is 3.20. The molecule has 0 amide bonds. The first-order valence-corrected chi connectivity index (χ1v) is 6.42. The molecule has 2 rings (SSSR count). The van der Waals surface area contributed by atoms with Crippen molar-refractivity contribution in [2.75, 3.05) is 19.5 Å². The summed E-state index contributed by atoms with van der Waals surface area (Å²) < 4.78 is 24.2. The Morgan fingerprint density at radius 3 is 2.65 bits per heavy atom. The molecule has 20 heavy (non-hydrogen) atoms. The van der Waals surface area contributed by atoms with Gasteiger partial charge in [-0.15, -0.1) is 0 Å². The predicted molar refractivity (Wildman–Crippen MR) is 78.3 cm³/mol. The monoisotopic (exact) mass is 295 g/mol. The van der Waals surface area contributed by atoms with Crippen LogP contribution in [0.2, 0.25) is 5.02 Å². The van der Waals surface area contributed by atoms with Gasteiger partial charge in [0.2, 0.25) is 0 Å². The molecule has 0 radical (unpaired) electrons. The number of anilines is 1. The predicted octanol–water partition coefficient (Wildman–Crippen LogP) is 4.11. The third-order valence-electron chi connectivity index (χ3n) is 2.91. The number of nitrogens with one attached hydrogen (secondary N) is 1. The van der Waals surface area contributed by atoms with E-state index in [0.717, 1.165) is 5.69 Å². The first-order chi connectivity index (χ1) is 9.65. The Hall–Kier alpha value is -1.94. The zero-order valence-corrected chi connectivity index (χ0v) is 12.0. The maximum absolute atomic E-state index is 13.8. The molecule has 0 heterocycles. The van der Waals surface area contributed by atoms with Gasteiger partial charge in [-0.1, -0.05) is 23.7 Å². The number of halogens is 2. The van der Waals surface area contributed by atoms with Gasteiger partial charge in [0, 0.05) is 18.2 Å². The SMILES string of the molecule is COc1ccc(NCc2cccc(Cl)c2F)c(OC)c1. The second kappa shape index (κ2) is 6.48. The Kier molecular flexibility index (Phi) is 4.69. The van der Waals surface area contributed by atoms with E-state index >= 15 is 0 Å². The quantitative estimate of drug-likeness (QED) is 0.900. The highest BCUT2D eigenvalue weighted by atomic mass is 35.5. The highest BCUT2D eigenvalue weighted by Gasteiger charge is 2.08. The van der Waals surface area contributed by atoms with Crippen LogP contribution in [0.15, 0.2) is 36.4 Å². The molecule has 0 aliphatic carbocycles. The van der Waals surface area contributed by atoms with Crippen molar-refractivity contribution >= 4 is 17.3 Å². The maximum atomic E-state index is 13.8. The van der Waals surface area contributed by atoms with Gasteiger partial charge in [0.15, 0.2) is 0 Å². The maximum Gasteiger partial charge on any atom is 0.146 e. The molecule has 5 heteroatoms. The Labute approximate surface area is 122 Å². The summed E-state index contributed by atoms with van der Waals surface area (Å²) in [5.41, 5.74) is 1.25. The van der Waals surface area contributed by atoms with E-state index in [1.54, 1.807) is 38.5 Å². The number of rotatable bonds is 5. The van der Waals surface area contributed by atoms with Crippen molar-refractivity contribution in [3.05, 3.63) is 52.8 Å². The summed E-state index contributed by atoms with van der Waals surface area (Å²) >= 11 is 5.75. The lowest BCUT2D eigenvalue weighted by molar-refractivity contribution is 0.395. The molecule has 0 unspecified atom stereocenters. The van der Waals surface area contributed by atoms with E-state index < -0.39 is 5.82 Å². The summed E-state index contributed by atoms with van der Waals surface area (Å²) in [5.74, 6) is 0.919. The molecule has 0 aliphatic heterocycles. The lowest BCUT2D eigenvalue weighted by Crippen LogP contribution is -2.03. The Morgan fingerprint density at radius 1 is 1.15 bits per heavy atom. The van der Waals surface area contributed by atoms with Gasteiger partial charge in [-0.25, -0.2) is 4.39 Å². The van der Waals surface area contributed by atoms with Crippen molar-refractivity contribution in [1.82, 2.24) is 0 Å². The molecule has 2 aromatic carbocycles. The number of methoxy groups -OCH3 is 2. The summed E-state index contributed by atoms with van der Waals surface area (Å²) in [5, 5.41) is 3.24. The fourth-order valence-electron chi connectivity index (χ4n) is 1.82. The van der Waals surface area contributed by atoms with Crippen molar-refractivity contribution < 1.29 is 13.9 Å². The number of hydrogen-bond acceptors (Lipinski definition) is 3. The zero-order valence-electron chi connectivity index (χ0n) is 11.2. The second-order valence-corrected chi connectivity index (χ2v) is 4.54. The van der Waals surface area contributed by atoms with Crippen molar-refractivity contribution in [3.8, 4) is 11.5 Å². The Balaban J connectivity index is 2.16. The molecule has 0 bridgehead atoms. The van der Waals surface area contributed by atoms with Gasteiger partial charge < -0.3 is 14.8 Å². The van der Waals surface area contributed by atoms with Gasteiger partial charge in [-0.05, 0) is 18.2 Å². The molecule has 0 atom stereocenters. The largest absolute Gasteiger partial charge is 0.497 e. The van der Waals surface area contributed by atoms with Crippen molar-refractivity contribution in [2.24, 2.45) is 0 Å². The van der Waals surface area contributed by atoms with E-state index in [0.29, 0.717) is 23.6 Å². The van der Waals surface area contributed by atoms with Gasteiger partial charge in [-0.3, -0.25) is 0 Å². The summed E-state index contributed by atoms with van der Waals surface area (Å²) in [7, 11) is 3.16. The highest BCUT2D eigenvalue weighted by molar-refractivity contribution is 6.30. The van der Waals surface area contributed by atoms with Crippen molar-refractivity contribution in [1.29, 1.82) is 0 Å². The van der Waals surface area contributed by atoms with Gasteiger partial charge in [0.25, 0.3) is 0 Å². The molecule has 1 N–H and O–H groups in total. The van der Waals surface area contributed by atoms with Gasteiger partial charge in [-0.2, -0.15) is 0 Å². The van der Waals surface area contributed by atoms with Crippen LogP contribution in [0, 0.1) is 5.82 Å². The second-order valence-electron chi connectivity index (χ2n) is 4.13. The molecular formula is C15H15ClFNO2. The first kappa shape index (κ1) is 14.5. The van der Waals surface area contributed by atoms with Crippen molar-refractivity contribution in [3.63, 3.8) is 0 Å². The minimum absolute atomic E-state index is 0.117. The van der Waals surface area contributed by atoms with Crippen LogP contribution in [0.3, 0.4) is 0 Å². The van der Waals surface area contributed by atoms with Crippen LogP contribution < -0.4 is 14.8 Å². The van der Waals surface area contributed by atoms with Crippen LogP contribution in [0.1, 0.15) is 5.56 Å². The molecule has 3 nitrogen and oxygen atoms in total. The van der Waals surface area contributed by atoms with Crippen LogP contribution >= 0.6 is 11.6 Å². The van der Waals surface area contributed by atoms with Crippen LogP contribution in [-0.4, -0.2) is 14.2 Å². The van der Waals surface area contributed by atoms with Gasteiger partial charge in [0.1, 0.15) is 17.3 Å². The molecule has 106 valence electrons. The summed E-state index contributed by atoms with van der Waals surface area (Å²) in [6.07, 6.45) is 0. The molecular weight excluding hydrogens is 281 g/mol.